The SMILES string of the molecule is CC.CCC1(C)CCOCC1. The first-order valence-corrected chi connectivity index (χ1v) is 4.85. The number of hydrogen-bond acceptors (Lipinski definition) is 1. The van der Waals surface area contributed by atoms with E-state index in [0.29, 0.717) is 5.41 Å². The average molecular weight is 158 g/mol. The van der Waals surface area contributed by atoms with Crippen molar-refractivity contribution in [2.45, 2.75) is 47.0 Å². The van der Waals surface area contributed by atoms with E-state index in [1.165, 1.54) is 19.3 Å². The molecule has 1 fully saturated rings. The van der Waals surface area contributed by atoms with Gasteiger partial charge in [-0.3, -0.25) is 0 Å². The van der Waals surface area contributed by atoms with Gasteiger partial charge >= 0.3 is 0 Å². The lowest BCUT2D eigenvalue weighted by atomic mass is 9.80. The van der Waals surface area contributed by atoms with Gasteiger partial charge in [-0.15, -0.1) is 0 Å². The van der Waals surface area contributed by atoms with Crippen LogP contribution in [0.15, 0.2) is 0 Å². The molecule has 1 aliphatic heterocycles. The van der Waals surface area contributed by atoms with E-state index >= 15 is 0 Å². The third kappa shape index (κ3) is 3.76. The Balaban J connectivity index is 0.000000461. The highest BCUT2D eigenvalue weighted by Crippen LogP contribution is 2.32. The molecular formula is C10H22O. The molecule has 0 amide bonds. The quantitative estimate of drug-likeness (QED) is 0.569. The zero-order chi connectivity index (χ0) is 8.74. The summed E-state index contributed by atoms with van der Waals surface area (Å²) in [7, 11) is 0. The molecule has 0 aromatic rings. The molecule has 0 N–H and O–H groups in total. The van der Waals surface area contributed by atoms with Crippen molar-refractivity contribution in [2.24, 2.45) is 5.41 Å². The highest BCUT2D eigenvalue weighted by Gasteiger charge is 2.24. The minimum Gasteiger partial charge on any atom is -0.381 e. The van der Waals surface area contributed by atoms with Crippen LogP contribution in [0.2, 0.25) is 0 Å². The maximum absolute atomic E-state index is 5.27. The van der Waals surface area contributed by atoms with Crippen LogP contribution in [0.5, 0.6) is 0 Å². The van der Waals surface area contributed by atoms with Gasteiger partial charge in [0.2, 0.25) is 0 Å². The van der Waals surface area contributed by atoms with Crippen LogP contribution < -0.4 is 0 Å². The highest BCUT2D eigenvalue weighted by atomic mass is 16.5. The smallest absolute Gasteiger partial charge is 0.0471 e. The van der Waals surface area contributed by atoms with Gasteiger partial charge in [0.1, 0.15) is 0 Å². The minimum atomic E-state index is 0.595. The molecule has 0 atom stereocenters. The van der Waals surface area contributed by atoms with Gasteiger partial charge in [-0.1, -0.05) is 34.1 Å². The van der Waals surface area contributed by atoms with E-state index in [4.69, 9.17) is 4.74 Å². The van der Waals surface area contributed by atoms with Crippen molar-refractivity contribution in [3.8, 4) is 0 Å². The Morgan fingerprint density at radius 2 is 1.64 bits per heavy atom. The number of hydrogen-bond donors (Lipinski definition) is 0. The molecule has 0 saturated carbocycles. The molecular weight excluding hydrogens is 136 g/mol. The molecule has 0 bridgehead atoms. The van der Waals surface area contributed by atoms with Crippen molar-refractivity contribution in [2.75, 3.05) is 13.2 Å². The van der Waals surface area contributed by atoms with Crippen LogP contribution in [-0.2, 0) is 4.74 Å². The maximum Gasteiger partial charge on any atom is 0.0471 e. The summed E-state index contributed by atoms with van der Waals surface area (Å²) in [5.41, 5.74) is 0.595. The largest absolute Gasteiger partial charge is 0.381 e. The van der Waals surface area contributed by atoms with Gasteiger partial charge in [-0.2, -0.15) is 0 Å². The maximum atomic E-state index is 5.27. The summed E-state index contributed by atoms with van der Waals surface area (Å²) >= 11 is 0. The number of rotatable bonds is 1. The van der Waals surface area contributed by atoms with E-state index in [1.54, 1.807) is 0 Å². The predicted octanol–water partition coefficient (Wildman–Crippen LogP) is 3.24. The lowest BCUT2D eigenvalue weighted by Gasteiger charge is -2.32. The van der Waals surface area contributed by atoms with Crippen molar-refractivity contribution >= 4 is 0 Å². The molecule has 0 aromatic heterocycles. The second-order valence-electron chi connectivity index (χ2n) is 3.28. The van der Waals surface area contributed by atoms with Crippen LogP contribution in [0.4, 0.5) is 0 Å². The Morgan fingerprint density at radius 3 is 1.91 bits per heavy atom. The van der Waals surface area contributed by atoms with E-state index < -0.39 is 0 Å². The molecule has 11 heavy (non-hydrogen) atoms. The summed E-state index contributed by atoms with van der Waals surface area (Å²) in [6, 6.07) is 0. The van der Waals surface area contributed by atoms with Gasteiger partial charge in [-0.05, 0) is 18.3 Å². The van der Waals surface area contributed by atoms with Gasteiger partial charge in [0.15, 0.2) is 0 Å². The third-order valence-corrected chi connectivity index (χ3v) is 2.55. The Bertz CT molecular complexity index is 82.9. The standard InChI is InChI=1S/C8H16O.C2H6/c1-3-8(2)4-6-9-7-5-8;1-2/h3-7H2,1-2H3;1-2H3. The van der Waals surface area contributed by atoms with Crippen LogP contribution in [0.25, 0.3) is 0 Å². The van der Waals surface area contributed by atoms with Crippen molar-refractivity contribution in [1.82, 2.24) is 0 Å². The van der Waals surface area contributed by atoms with E-state index in [0.717, 1.165) is 13.2 Å². The normalized spacial score (nSPS) is 21.8. The molecule has 1 heteroatoms. The first kappa shape index (κ1) is 11.0. The van der Waals surface area contributed by atoms with E-state index in [1.807, 2.05) is 13.8 Å². The monoisotopic (exact) mass is 158 g/mol. The van der Waals surface area contributed by atoms with Crippen LogP contribution in [-0.4, -0.2) is 13.2 Å². The fourth-order valence-corrected chi connectivity index (χ4v) is 1.22. The van der Waals surface area contributed by atoms with Gasteiger partial charge in [0.05, 0.1) is 0 Å². The summed E-state index contributed by atoms with van der Waals surface area (Å²) < 4.78 is 5.27. The molecule has 68 valence electrons. The van der Waals surface area contributed by atoms with E-state index in [2.05, 4.69) is 13.8 Å². The zero-order valence-electron chi connectivity index (χ0n) is 8.44. The van der Waals surface area contributed by atoms with E-state index in [-0.39, 0.29) is 0 Å². The van der Waals surface area contributed by atoms with Crippen LogP contribution in [0.3, 0.4) is 0 Å². The van der Waals surface area contributed by atoms with Crippen LogP contribution in [0, 0.1) is 5.41 Å². The first-order chi connectivity index (χ1) is 5.27. The molecule has 1 aliphatic rings. The number of ether oxygens (including phenoxy) is 1. The lowest BCUT2D eigenvalue weighted by molar-refractivity contribution is 0.0221. The molecule has 0 unspecified atom stereocenters. The first-order valence-electron chi connectivity index (χ1n) is 4.85. The van der Waals surface area contributed by atoms with Crippen LogP contribution in [0.1, 0.15) is 47.0 Å². The summed E-state index contributed by atoms with van der Waals surface area (Å²) in [5, 5.41) is 0. The summed E-state index contributed by atoms with van der Waals surface area (Å²) in [6.07, 6.45) is 3.81. The molecule has 1 rings (SSSR count). The molecule has 1 heterocycles. The Kier molecular flexibility index (Phi) is 5.57. The minimum absolute atomic E-state index is 0.595. The summed E-state index contributed by atoms with van der Waals surface area (Å²) in [6.45, 7) is 10.6. The summed E-state index contributed by atoms with van der Waals surface area (Å²) in [4.78, 5) is 0. The molecule has 0 aromatic carbocycles. The summed E-state index contributed by atoms with van der Waals surface area (Å²) in [5.74, 6) is 0. The van der Waals surface area contributed by atoms with Crippen molar-refractivity contribution in [3.05, 3.63) is 0 Å². The third-order valence-electron chi connectivity index (χ3n) is 2.55. The second-order valence-corrected chi connectivity index (χ2v) is 3.28. The average Bonchev–Trinajstić information content (AvgIpc) is 2.10. The topological polar surface area (TPSA) is 9.23 Å². The van der Waals surface area contributed by atoms with Gasteiger partial charge in [0.25, 0.3) is 0 Å². The molecule has 0 aliphatic carbocycles. The predicted molar refractivity (Wildman–Crippen MR) is 49.8 cm³/mol. The fourth-order valence-electron chi connectivity index (χ4n) is 1.22. The molecule has 0 spiro atoms. The van der Waals surface area contributed by atoms with Crippen molar-refractivity contribution in [1.29, 1.82) is 0 Å². The van der Waals surface area contributed by atoms with Crippen molar-refractivity contribution in [3.63, 3.8) is 0 Å². The fraction of sp³-hybridized carbons (Fsp3) is 1.00. The molecule has 1 saturated heterocycles. The van der Waals surface area contributed by atoms with Crippen LogP contribution >= 0.6 is 0 Å². The van der Waals surface area contributed by atoms with Crippen molar-refractivity contribution < 1.29 is 4.74 Å². The Morgan fingerprint density at radius 1 is 1.18 bits per heavy atom. The highest BCUT2D eigenvalue weighted by molar-refractivity contribution is 4.74. The lowest BCUT2D eigenvalue weighted by Crippen LogP contribution is -2.25. The zero-order valence-corrected chi connectivity index (χ0v) is 8.44. The Hall–Kier alpha value is -0.0400. The van der Waals surface area contributed by atoms with Gasteiger partial charge < -0.3 is 4.74 Å². The van der Waals surface area contributed by atoms with E-state index in [9.17, 15) is 0 Å². The molecule has 1 nitrogen and oxygen atoms in total. The second kappa shape index (κ2) is 5.59. The van der Waals surface area contributed by atoms with Gasteiger partial charge in [-0.25, -0.2) is 0 Å². The molecule has 0 radical (unpaired) electrons. The Labute approximate surface area is 71.1 Å². The van der Waals surface area contributed by atoms with Gasteiger partial charge in [0, 0.05) is 13.2 Å².